The molecular formula is C19H19NO3S2. The fourth-order valence-electron chi connectivity index (χ4n) is 2.62. The Balaban J connectivity index is 1.70. The first-order valence-corrected chi connectivity index (χ1v) is 10.2. The van der Waals surface area contributed by atoms with Crippen molar-refractivity contribution in [2.75, 3.05) is 11.5 Å². The smallest absolute Gasteiger partial charge is 0.330 e. The normalized spacial score (nSPS) is 16.2. The van der Waals surface area contributed by atoms with Crippen molar-refractivity contribution in [2.24, 2.45) is 0 Å². The lowest BCUT2D eigenvalue weighted by atomic mass is 10.1. The summed E-state index contributed by atoms with van der Waals surface area (Å²) < 4.78 is 0.418. The number of carbonyl (C=O) groups is 2. The lowest BCUT2D eigenvalue weighted by molar-refractivity contribution is -0.139. The van der Waals surface area contributed by atoms with Crippen molar-refractivity contribution in [2.45, 2.75) is 17.0 Å². The molecule has 1 atom stereocenters. The van der Waals surface area contributed by atoms with Crippen LogP contribution in [0.15, 0.2) is 54.6 Å². The van der Waals surface area contributed by atoms with Crippen LogP contribution < -0.4 is 5.32 Å². The molecule has 2 aromatic carbocycles. The Labute approximate surface area is 155 Å². The van der Waals surface area contributed by atoms with Crippen LogP contribution >= 0.6 is 23.5 Å². The quantitative estimate of drug-likeness (QED) is 0.826. The second-order valence-electron chi connectivity index (χ2n) is 5.70. The highest BCUT2D eigenvalue weighted by molar-refractivity contribution is 8.16. The van der Waals surface area contributed by atoms with Crippen LogP contribution in [0.1, 0.15) is 38.5 Å². The number of carboxylic acids is 1. The Morgan fingerprint density at radius 1 is 1.00 bits per heavy atom. The zero-order valence-electron chi connectivity index (χ0n) is 13.6. The third-order valence-electron chi connectivity index (χ3n) is 3.93. The van der Waals surface area contributed by atoms with Gasteiger partial charge in [-0.1, -0.05) is 42.5 Å². The van der Waals surface area contributed by atoms with E-state index in [0.717, 1.165) is 11.5 Å². The Morgan fingerprint density at radius 2 is 1.64 bits per heavy atom. The van der Waals surface area contributed by atoms with Crippen molar-refractivity contribution in [3.63, 3.8) is 0 Å². The van der Waals surface area contributed by atoms with Gasteiger partial charge < -0.3 is 10.4 Å². The van der Waals surface area contributed by atoms with Gasteiger partial charge in [0.05, 0.1) is 4.58 Å². The van der Waals surface area contributed by atoms with Gasteiger partial charge in [-0.2, -0.15) is 0 Å². The molecule has 1 fully saturated rings. The molecule has 130 valence electrons. The molecule has 2 aromatic rings. The van der Waals surface area contributed by atoms with Crippen LogP contribution in [0.2, 0.25) is 0 Å². The van der Waals surface area contributed by atoms with Gasteiger partial charge in [0.15, 0.2) is 6.04 Å². The van der Waals surface area contributed by atoms with Crippen LogP contribution in [-0.2, 0) is 4.79 Å². The fourth-order valence-corrected chi connectivity index (χ4v) is 5.51. The average Bonchev–Trinajstić information content (AvgIpc) is 2.67. The highest BCUT2D eigenvalue weighted by Gasteiger charge is 2.23. The Kier molecular flexibility index (Phi) is 6.04. The molecule has 0 spiro atoms. The van der Waals surface area contributed by atoms with Crippen LogP contribution in [-0.4, -0.2) is 28.5 Å². The van der Waals surface area contributed by atoms with Crippen molar-refractivity contribution in [3.05, 3.63) is 71.3 Å². The molecule has 2 N–H and O–H groups in total. The predicted molar refractivity (Wildman–Crippen MR) is 103 cm³/mol. The van der Waals surface area contributed by atoms with Crippen LogP contribution in [0.3, 0.4) is 0 Å². The highest BCUT2D eigenvalue weighted by Crippen LogP contribution is 2.43. The fraction of sp³-hybridized carbons (Fsp3) is 0.263. The molecule has 1 aliphatic rings. The summed E-state index contributed by atoms with van der Waals surface area (Å²) in [6.07, 6.45) is 1.24. The third-order valence-corrected chi connectivity index (χ3v) is 6.94. The van der Waals surface area contributed by atoms with E-state index in [9.17, 15) is 14.7 Å². The van der Waals surface area contributed by atoms with E-state index in [2.05, 4.69) is 5.32 Å². The van der Waals surface area contributed by atoms with E-state index in [0.29, 0.717) is 15.7 Å². The molecule has 0 aliphatic carbocycles. The lowest BCUT2D eigenvalue weighted by Crippen LogP contribution is -2.33. The first-order valence-electron chi connectivity index (χ1n) is 8.07. The Bertz CT molecular complexity index is 728. The van der Waals surface area contributed by atoms with Gasteiger partial charge in [-0.3, -0.25) is 4.79 Å². The highest BCUT2D eigenvalue weighted by atomic mass is 32.2. The zero-order valence-corrected chi connectivity index (χ0v) is 15.2. The summed E-state index contributed by atoms with van der Waals surface area (Å²) in [5, 5.41) is 12.0. The molecule has 1 amide bonds. The molecule has 0 aromatic heterocycles. The summed E-state index contributed by atoms with van der Waals surface area (Å²) in [6.45, 7) is 0. The first kappa shape index (κ1) is 17.9. The van der Waals surface area contributed by atoms with Crippen LogP contribution in [0, 0.1) is 0 Å². The molecular weight excluding hydrogens is 354 g/mol. The molecule has 0 radical (unpaired) electrons. The second kappa shape index (κ2) is 8.45. The van der Waals surface area contributed by atoms with Gasteiger partial charge in [0.1, 0.15) is 0 Å². The standard InChI is InChI=1S/C19H19NO3S2/c21-17(20-16(18(22)23)13-5-2-1-3-6-13)14-7-9-15(10-8-14)19-24-11-4-12-25-19/h1-3,5-10,16,19H,4,11-12H2,(H,20,21)(H,22,23). The summed E-state index contributed by atoms with van der Waals surface area (Å²) in [5.41, 5.74) is 2.22. The van der Waals surface area contributed by atoms with Gasteiger partial charge >= 0.3 is 5.97 Å². The van der Waals surface area contributed by atoms with Crippen molar-refractivity contribution in [3.8, 4) is 0 Å². The molecule has 3 rings (SSSR count). The topological polar surface area (TPSA) is 66.4 Å². The SMILES string of the molecule is O=C(NC(C(=O)O)c1ccccc1)c1ccc(C2SCCCS2)cc1. The Hall–Kier alpha value is -1.92. The lowest BCUT2D eigenvalue weighted by Gasteiger charge is -2.21. The maximum absolute atomic E-state index is 12.4. The monoisotopic (exact) mass is 373 g/mol. The van der Waals surface area contributed by atoms with Gasteiger partial charge in [-0.15, -0.1) is 23.5 Å². The average molecular weight is 373 g/mol. The van der Waals surface area contributed by atoms with E-state index in [1.54, 1.807) is 36.4 Å². The molecule has 1 saturated heterocycles. The number of carbonyl (C=O) groups excluding carboxylic acids is 1. The summed E-state index contributed by atoms with van der Waals surface area (Å²) in [6, 6.07) is 15.1. The van der Waals surface area contributed by atoms with E-state index < -0.39 is 12.0 Å². The zero-order chi connectivity index (χ0) is 17.6. The molecule has 6 heteroatoms. The van der Waals surface area contributed by atoms with E-state index in [4.69, 9.17) is 0 Å². The number of rotatable bonds is 5. The minimum atomic E-state index is -1.08. The van der Waals surface area contributed by atoms with E-state index in [1.165, 1.54) is 12.0 Å². The number of thioether (sulfide) groups is 2. The van der Waals surface area contributed by atoms with Crippen molar-refractivity contribution < 1.29 is 14.7 Å². The molecule has 1 unspecified atom stereocenters. The number of hydrogen-bond acceptors (Lipinski definition) is 4. The molecule has 25 heavy (non-hydrogen) atoms. The molecule has 0 saturated carbocycles. The third kappa shape index (κ3) is 4.58. The van der Waals surface area contributed by atoms with Crippen LogP contribution in [0.4, 0.5) is 0 Å². The van der Waals surface area contributed by atoms with Crippen molar-refractivity contribution in [1.29, 1.82) is 0 Å². The molecule has 1 heterocycles. The largest absolute Gasteiger partial charge is 0.479 e. The maximum Gasteiger partial charge on any atom is 0.330 e. The van der Waals surface area contributed by atoms with E-state index >= 15 is 0 Å². The number of hydrogen-bond donors (Lipinski definition) is 2. The van der Waals surface area contributed by atoms with Gasteiger partial charge in [0, 0.05) is 5.56 Å². The molecule has 1 aliphatic heterocycles. The summed E-state index contributed by atoms with van der Waals surface area (Å²) in [4.78, 5) is 23.9. The number of aliphatic carboxylic acids is 1. The summed E-state index contributed by atoms with van der Waals surface area (Å²) in [5.74, 6) is 0.868. The number of amides is 1. The van der Waals surface area contributed by atoms with Gasteiger partial charge in [0.2, 0.25) is 0 Å². The first-order chi connectivity index (χ1) is 12.1. The minimum absolute atomic E-state index is 0.383. The van der Waals surface area contributed by atoms with Crippen LogP contribution in [0.5, 0.6) is 0 Å². The van der Waals surface area contributed by atoms with Crippen LogP contribution in [0.25, 0.3) is 0 Å². The summed E-state index contributed by atoms with van der Waals surface area (Å²) >= 11 is 3.85. The number of carboxylic acid groups (broad SMARTS) is 1. The number of nitrogens with one attached hydrogen (secondary N) is 1. The molecule has 4 nitrogen and oxygen atoms in total. The molecule has 0 bridgehead atoms. The minimum Gasteiger partial charge on any atom is -0.479 e. The van der Waals surface area contributed by atoms with E-state index in [1.807, 2.05) is 41.7 Å². The number of benzene rings is 2. The van der Waals surface area contributed by atoms with E-state index in [-0.39, 0.29) is 5.91 Å². The maximum atomic E-state index is 12.4. The predicted octanol–water partition coefficient (Wildman–Crippen LogP) is 4.11. The van der Waals surface area contributed by atoms with Gasteiger partial charge in [-0.05, 0) is 41.2 Å². The van der Waals surface area contributed by atoms with Gasteiger partial charge in [0.25, 0.3) is 5.91 Å². The second-order valence-corrected chi connectivity index (χ2v) is 8.43. The van der Waals surface area contributed by atoms with Crippen molar-refractivity contribution in [1.82, 2.24) is 5.32 Å². The summed E-state index contributed by atoms with van der Waals surface area (Å²) in [7, 11) is 0. The Morgan fingerprint density at radius 3 is 2.24 bits per heavy atom. The van der Waals surface area contributed by atoms with Gasteiger partial charge in [-0.25, -0.2) is 4.79 Å². The van der Waals surface area contributed by atoms with Crippen molar-refractivity contribution >= 4 is 35.4 Å².